The summed E-state index contributed by atoms with van der Waals surface area (Å²) >= 11 is 0. The molecule has 20 heavy (non-hydrogen) atoms. The maximum absolute atomic E-state index is 10.6. The van der Waals surface area contributed by atoms with Crippen molar-refractivity contribution in [2.24, 2.45) is 5.92 Å². The van der Waals surface area contributed by atoms with E-state index in [0.29, 0.717) is 18.9 Å². The molecule has 1 aromatic rings. The molecule has 1 fully saturated rings. The molecule has 2 unspecified atom stereocenters. The van der Waals surface area contributed by atoms with Crippen molar-refractivity contribution < 1.29 is 9.84 Å². The van der Waals surface area contributed by atoms with Crippen molar-refractivity contribution in [2.75, 3.05) is 6.61 Å². The fourth-order valence-corrected chi connectivity index (χ4v) is 3.26. The molecule has 1 aliphatic rings. The summed E-state index contributed by atoms with van der Waals surface area (Å²) in [6, 6.07) is 0. The highest BCUT2D eigenvalue weighted by Crippen LogP contribution is 2.30. The Balaban J connectivity index is 1.96. The number of rotatable bonds is 7. The first kappa shape index (κ1) is 15.5. The molecule has 114 valence electrons. The van der Waals surface area contributed by atoms with Crippen LogP contribution in [0.2, 0.25) is 0 Å². The van der Waals surface area contributed by atoms with Crippen LogP contribution < -0.4 is 0 Å². The first-order chi connectivity index (χ1) is 9.74. The number of nitrogens with zero attached hydrogens (tertiary/aromatic N) is 2. The summed E-state index contributed by atoms with van der Waals surface area (Å²) in [6.07, 6.45) is 10.3. The highest BCUT2D eigenvalue weighted by atomic mass is 16.5. The molecule has 4 heteroatoms. The fraction of sp³-hybridized carbons (Fsp3) is 0.812. The lowest BCUT2D eigenvalue weighted by molar-refractivity contribution is -0.0715. The Kier molecular flexibility index (Phi) is 6.05. The van der Waals surface area contributed by atoms with Gasteiger partial charge < -0.3 is 9.84 Å². The van der Waals surface area contributed by atoms with Crippen LogP contribution in [0, 0.1) is 5.92 Å². The largest absolute Gasteiger partial charge is 0.390 e. The average Bonchev–Trinajstić information content (AvgIpc) is 2.93. The van der Waals surface area contributed by atoms with Crippen LogP contribution in [-0.2, 0) is 17.7 Å². The minimum atomic E-state index is -0.424. The van der Waals surface area contributed by atoms with Crippen molar-refractivity contribution in [3.8, 4) is 0 Å². The maximum atomic E-state index is 10.6. The summed E-state index contributed by atoms with van der Waals surface area (Å²) in [5.41, 5.74) is 1.10. The second kappa shape index (κ2) is 7.79. The highest BCUT2D eigenvalue weighted by Gasteiger charge is 2.30. The second-order valence-corrected chi connectivity index (χ2v) is 5.79. The third kappa shape index (κ3) is 4.06. The normalized spacial score (nSPS) is 19.9. The van der Waals surface area contributed by atoms with Crippen molar-refractivity contribution in [2.45, 2.75) is 71.1 Å². The summed E-state index contributed by atoms with van der Waals surface area (Å²) in [7, 11) is 0. The van der Waals surface area contributed by atoms with E-state index >= 15 is 0 Å². The number of aryl methyl sites for hydroxylation is 1. The quantitative estimate of drug-likeness (QED) is 0.835. The average molecular weight is 280 g/mol. The Hall–Kier alpha value is -0.870. The number of ether oxygens (including phenoxy) is 1. The van der Waals surface area contributed by atoms with Gasteiger partial charge in [-0.15, -0.1) is 0 Å². The second-order valence-electron chi connectivity index (χ2n) is 5.79. The Labute approximate surface area is 122 Å². The van der Waals surface area contributed by atoms with Crippen LogP contribution in [0.25, 0.3) is 0 Å². The topological polar surface area (TPSA) is 47.3 Å². The van der Waals surface area contributed by atoms with Gasteiger partial charge in [0.05, 0.1) is 18.4 Å². The Morgan fingerprint density at radius 2 is 2.10 bits per heavy atom. The first-order valence-corrected chi connectivity index (χ1v) is 8.05. The number of hydrogen-bond donors (Lipinski definition) is 1. The third-order valence-electron chi connectivity index (χ3n) is 4.31. The van der Waals surface area contributed by atoms with Gasteiger partial charge in [0.15, 0.2) is 0 Å². The molecule has 0 amide bonds. The van der Waals surface area contributed by atoms with E-state index in [2.05, 4.69) is 12.0 Å². The molecule has 1 saturated carbocycles. The lowest BCUT2D eigenvalue weighted by Crippen LogP contribution is -2.38. The first-order valence-electron chi connectivity index (χ1n) is 8.05. The molecule has 0 bridgehead atoms. The SMILES string of the molecule is CCOC(C(O)Cc1cnn(CC)c1)C1CCCCC1. The molecule has 4 nitrogen and oxygen atoms in total. The van der Waals surface area contributed by atoms with Gasteiger partial charge in [-0.2, -0.15) is 5.10 Å². The summed E-state index contributed by atoms with van der Waals surface area (Å²) < 4.78 is 7.77. The lowest BCUT2D eigenvalue weighted by atomic mass is 9.82. The van der Waals surface area contributed by atoms with Gasteiger partial charge in [0.1, 0.15) is 0 Å². The molecule has 0 spiro atoms. The van der Waals surface area contributed by atoms with Gasteiger partial charge in [-0.05, 0) is 38.2 Å². The van der Waals surface area contributed by atoms with Gasteiger partial charge in [-0.1, -0.05) is 19.3 Å². The zero-order valence-electron chi connectivity index (χ0n) is 12.8. The summed E-state index contributed by atoms with van der Waals surface area (Å²) in [4.78, 5) is 0. The maximum Gasteiger partial charge on any atom is 0.0865 e. The van der Waals surface area contributed by atoms with E-state index in [4.69, 9.17) is 4.74 Å². The van der Waals surface area contributed by atoms with Crippen LogP contribution in [0.4, 0.5) is 0 Å². The summed E-state index contributed by atoms with van der Waals surface area (Å²) in [6.45, 7) is 5.62. The van der Waals surface area contributed by atoms with Crippen LogP contribution in [0.5, 0.6) is 0 Å². The van der Waals surface area contributed by atoms with Crippen molar-refractivity contribution in [1.82, 2.24) is 9.78 Å². The van der Waals surface area contributed by atoms with Gasteiger partial charge in [0.25, 0.3) is 0 Å². The van der Waals surface area contributed by atoms with Crippen molar-refractivity contribution in [3.05, 3.63) is 18.0 Å². The number of aromatic nitrogens is 2. The Bertz CT molecular complexity index is 386. The number of hydrogen-bond acceptors (Lipinski definition) is 3. The predicted octanol–water partition coefficient (Wildman–Crippen LogP) is 2.79. The fourth-order valence-electron chi connectivity index (χ4n) is 3.26. The van der Waals surface area contributed by atoms with Crippen LogP contribution in [0.15, 0.2) is 12.4 Å². The molecule has 2 atom stereocenters. The third-order valence-corrected chi connectivity index (χ3v) is 4.31. The monoisotopic (exact) mass is 280 g/mol. The summed E-state index contributed by atoms with van der Waals surface area (Å²) in [5, 5.41) is 14.8. The van der Waals surface area contributed by atoms with Gasteiger partial charge in [-0.25, -0.2) is 0 Å². The van der Waals surface area contributed by atoms with E-state index in [-0.39, 0.29) is 6.10 Å². The van der Waals surface area contributed by atoms with Crippen LogP contribution >= 0.6 is 0 Å². The molecule has 1 heterocycles. The number of aliphatic hydroxyl groups is 1. The molecule has 0 aromatic carbocycles. The van der Waals surface area contributed by atoms with Crippen LogP contribution in [0.3, 0.4) is 0 Å². The van der Waals surface area contributed by atoms with Gasteiger partial charge in [-0.3, -0.25) is 4.68 Å². The van der Waals surface area contributed by atoms with E-state index in [0.717, 1.165) is 12.1 Å². The minimum absolute atomic E-state index is 0.0229. The van der Waals surface area contributed by atoms with E-state index < -0.39 is 6.10 Å². The smallest absolute Gasteiger partial charge is 0.0865 e. The molecule has 1 N–H and O–H groups in total. The van der Waals surface area contributed by atoms with E-state index in [1.807, 2.05) is 24.0 Å². The Morgan fingerprint density at radius 1 is 1.35 bits per heavy atom. The predicted molar refractivity (Wildman–Crippen MR) is 79.6 cm³/mol. The Morgan fingerprint density at radius 3 is 2.70 bits per heavy atom. The molecule has 2 rings (SSSR count). The van der Waals surface area contributed by atoms with Crippen molar-refractivity contribution >= 4 is 0 Å². The molecule has 0 radical (unpaired) electrons. The number of aliphatic hydroxyl groups excluding tert-OH is 1. The van der Waals surface area contributed by atoms with E-state index in [9.17, 15) is 5.11 Å². The van der Waals surface area contributed by atoms with E-state index in [1.165, 1.54) is 32.1 Å². The lowest BCUT2D eigenvalue weighted by Gasteiger charge is -2.33. The molecule has 0 aliphatic heterocycles. The molecule has 1 aliphatic carbocycles. The van der Waals surface area contributed by atoms with E-state index in [1.54, 1.807) is 0 Å². The zero-order chi connectivity index (χ0) is 14.4. The van der Waals surface area contributed by atoms with Gasteiger partial charge in [0, 0.05) is 25.8 Å². The van der Waals surface area contributed by atoms with Crippen molar-refractivity contribution in [3.63, 3.8) is 0 Å². The molecular weight excluding hydrogens is 252 g/mol. The van der Waals surface area contributed by atoms with Gasteiger partial charge >= 0.3 is 0 Å². The van der Waals surface area contributed by atoms with Crippen LogP contribution in [-0.4, -0.2) is 33.7 Å². The standard InChI is InChI=1S/C16H28N2O2/c1-3-18-12-13(11-17-18)10-15(19)16(20-4-2)14-8-6-5-7-9-14/h11-12,14-16,19H,3-10H2,1-2H3. The summed E-state index contributed by atoms with van der Waals surface area (Å²) in [5.74, 6) is 0.514. The molecular formula is C16H28N2O2. The van der Waals surface area contributed by atoms with Crippen LogP contribution in [0.1, 0.15) is 51.5 Å². The minimum Gasteiger partial charge on any atom is -0.390 e. The highest BCUT2D eigenvalue weighted by molar-refractivity contribution is 5.06. The molecule has 0 saturated heterocycles. The zero-order valence-corrected chi connectivity index (χ0v) is 12.8. The van der Waals surface area contributed by atoms with Gasteiger partial charge in [0.2, 0.25) is 0 Å². The van der Waals surface area contributed by atoms with Crippen molar-refractivity contribution in [1.29, 1.82) is 0 Å². The molecule has 1 aromatic heterocycles.